The Labute approximate surface area is 175 Å². The van der Waals surface area contributed by atoms with E-state index >= 15 is 0 Å². The summed E-state index contributed by atoms with van der Waals surface area (Å²) in [6.45, 7) is 3.62. The van der Waals surface area contributed by atoms with Crippen LogP contribution in [0.3, 0.4) is 0 Å². The van der Waals surface area contributed by atoms with E-state index in [0.717, 1.165) is 17.1 Å². The highest BCUT2D eigenvalue weighted by Gasteiger charge is 2.44. The van der Waals surface area contributed by atoms with Crippen molar-refractivity contribution < 1.29 is 23.8 Å². The molecule has 1 aromatic carbocycles. The molecule has 2 aromatic rings. The van der Waals surface area contributed by atoms with Crippen molar-refractivity contribution in [1.29, 1.82) is 0 Å². The van der Waals surface area contributed by atoms with Gasteiger partial charge in [-0.2, -0.15) is 0 Å². The Balaban J connectivity index is 1.55. The Morgan fingerprint density at radius 2 is 1.97 bits per heavy atom. The quantitative estimate of drug-likeness (QED) is 0.764. The predicted octanol–water partition coefficient (Wildman–Crippen LogP) is 1.67. The molecule has 1 aromatic heterocycles. The second kappa shape index (κ2) is 8.41. The molecule has 30 heavy (non-hydrogen) atoms. The lowest BCUT2D eigenvalue weighted by molar-refractivity contribution is -0.145. The average molecular weight is 411 g/mol. The molecule has 1 spiro atoms. The molecule has 0 saturated carbocycles. The third kappa shape index (κ3) is 4.15. The number of aryl methyl sites for hydroxylation is 1. The first-order valence-corrected chi connectivity index (χ1v) is 9.88. The zero-order chi connectivity index (χ0) is 21.1. The van der Waals surface area contributed by atoms with E-state index in [1.807, 2.05) is 37.3 Å². The summed E-state index contributed by atoms with van der Waals surface area (Å²) in [4.78, 5) is 33.3. The Kier molecular flexibility index (Phi) is 5.69. The summed E-state index contributed by atoms with van der Waals surface area (Å²) in [5.41, 5.74) is 1.34. The molecule has 2 amide bonds. The number of aromatic nitrogens is 1. The summed E-state index contributed by atoms with van der Waals surface area (Å²) >= 11 is 0. The molecule has 2 aliphatic rings. The van der Waals surface area contributed by atoms with Crippen molar-refractivity contribution in [1.82, 2.24) is 9.88 Å². The van der Waals surface area contributed by atoms with Gasteiger partial charge in [-0.1, -0.05) is 0 Å². The number of methoxy groups -OCH3 is 1. The van der Waals surface area contributed by atoms with Gasteiger partial charge in [0.15, 0.2) is 0 Å². The molecule has 158 valence electrons. The van der Waals surface area contributed by atoms with Crippen molar-refractivity contribution in [3.8, 4) is 5.75 Å². The van der Waals surface area contributed by atoms with Crippen LogP contribution in [0, 0.1) is 6.92 Å². The molecular weight excluding hydrogens is 386 g/mol. The first-order chi connectivity index (χ1) is 14.5. The van der Waals surface area contributed by atoms with E-state index in [1.165, 1.54) is 0 Å². The molecule has 2 aliphatic heterocycles. The Morgan fingerprint density at radius 1 is 1.17 bits per heavy atom. The zero-order valence-electron chi connectivity index (χ0n) is 17.2. The molecule has 4 rings (SSSR count). The fourth-order valence-corrected chi connectivity index (χ4v) is 3.75. The molecule has 1 atom stereocenters. The van der Waals surface area contributed by atoms with Crippen LogP contribution in [0.4, 0.5) is 5.69 Å². The monoisotopic (exact) mass is 411 g/mol. The van der Waals surface area contributed by atoms with Crippen LogP contribution in [0.2, 0.25) is 0 Å². The number of hydrogen-bond acceptors (Lipinski definition) is 6. The van der Waals surface area contributed by atoms with Crippen molar-refractivity contribution in [2.75, 3.05) is 51.5 Å². The molecule has 1 unspecified atom stereocenters. The van der Waals surface area contributed by atoms with E-state index in [9.17, 15) is 9.59 Å². The number of carbonyl (C=O) groups is 2. The largest absolute Gasteiger partial charge is 0.497 e. The zero-order valence-corrected chi connectivity index (χ0v) is 17.2. The van der Waals surface area contributed by atoms with Gasteiger partial charge in [0.1, 0.15) is 18.0 Å². The topological polar surface area (TPSA) is 81.2 Å². The fraction of sp³-hybridized carbons (Fsp3) is 0.409. The molecule has 2 saturated heterocycles. The number of morpholine rings is 1. The molecule has 0 N–H and O–H groups in total. The second-order valence-electron chi connectivity index (χ2n) is 7.62. The molecule has 2 fully saturated rings. The predicted molar refractivity (Wildman–Crippen MR) is 110 cm³/mol. The van der Waals surface area contributed by atoms with Crippen LogP contribution in [-0.4, -0.2) is 73.9 Å². The lowest BCUT2D eigenvalue weighted by atomic mass is 10.0. The van der Waals surface area contributed by atoms with Crippen molar-refractivity contribution >= 4 is 17.5 Å². The van der Waals surface area contributed by atoms with Gasteiger partial charge in [0.2, 0.25) is 0 Å². The van der Waals surface area contributed by atoms with Gasteiger partial charge in [-0.15, -0.1) is 0 Å². The number of anilines is 1. The smallest absolute Gasteiger partial charge is 0.255 e. The van der Waals surface area contributed by atoms with Gasteiger partial charge in [0.05, 0.1) is 39.0 Å². The molecule has 8 nitrogen and oxygen atoms in total. The summed E-state index contributed by atoms with van der Waals surface area (Å²) in [6.07, 6.45) is 1.59. The Bertz CT molecular complexity index is 915. The highest BCUT2D eigenvalue weighted by molar-refractivity contribution is 5.96. The van der Waals surface area contributed by atoms with Crippen LogP contribution in [0.1, 0.15) is 16.1 Å². The second-order valence-corrected chi connectivity index (χ2v) is 7.62. The molecule has 0 aliphatic carbocycles. The van der Waals surface area contributed by atoms with E-state index < -0.39 is 5.60 Å². The summed E-state index contributed by atoms with van der Waals surface area (Å²) in [6, 6.07) is 10.9. The Morgan fingerprint density at radius 3 is 2.67 bits per heavy atom. The summed E-state index contributed by atoms with van der Waals surface area (Å²) in [5, 5.41) is 0. The number of rotatable bonds is 3. The van der Waals surface area contributed by atoms with Gasteiger partial charge < -0.3 is 24.0 Å². The summed E-state index contributed by atoms with van der Waals surface area (Å²) in [7, 11) is 1.60. The number of nitrogens with zero attached hydrogens (tertiary/aromatic N) is 3. The van der Waals surface area contributed by atoms with Crippen LogP contribution in [-0.2, 0) is 14.3 Å². The van der Waals surface area contributed by atoms with Crippen molar-refractivity contribution in [2.24, 2.45) is 0 Å². The van der Waals surface area contributed by atoms with Crippen molar-refractivity contribution in [3.63, 3.8) is 0 Å². The molecule has 0 bridgehead atoms. The molecule has 3 heterocycles. The van der Waals surface area contributed by atoms with E-state index in [4.69, 9.17) is 14.2 Å². The maximum Gasteiger partial charge on any atom is 0.255 e. The SMILES string of the molecule is COc1ccc(N2CC3(COCCN(C(=O)c4ccc(C)nc4)C3)OCC2=O)cc1. The minimum Gasteiger partial charge on any atom is -0.497 e. The molecule has 8 heteroatoms. The Hall–Kier alpha value is -2.97. The summed E-state index contributed by atoms with van der Waals surface area (Å²) in [5.74, 6) is 0.468. The number of amides is 2. The van der Waals surface area contributed by atoms with Crippen LogP contribution >= 0.6 is 0 Å². The minimum absolute atomic E-state index is 0.0660. The van der Waals surface area contributed by atoms with E-state index in [0.29, 0.717) is 38.4 Å². The van der Waals surface area contributed by atoms with Crippen LogP contribution in [0.5, 0.6) is 5.75 Å². The number of pyridine rings is 1. The number of carbonyl (C=O) groups excluding carboxylic acids is 2. The first-order valence-electron chi connectivity index (χ1n) is 9.88. The van der Waals surface area contributed by atoms with E-state index in [-0.39, 0.29) is 18.4 Å². The van der Waals surface area contributed by atoms with Gasteiger partial charge in [0.25, 0.3) is 11.8 Å². The number of benzene rings is 1. The third-order valence-electron chi connectivity index (χ3n) is 5.43. The van der Waals surface area contributed by atoms with Crippen LogP contribution in [0.25, 0.3) is 0 Å². The van der Waals surface area contributed by atoms with Gasteiger partial charge >= 0.3 is 0 Å². The minimum atomic E-state index is -0.794. The van der Waals surface area contributed by atoms with Crippen molar-refractivity contribution in [2.45, 2.75) is 12.5 Å². The lowest BCUT2D eigenvalue weighted by Crippen LogP contribution is -2.61. The van der Waals surface area contributed by atoms with Gasteiger partial charge in [-0.3, -0.25) is 14.6 Å². The first kappa shape index (κ1) is 20.3. The van der Waals surface area contributed by atoms with Gasteiger partial charge in [0, 0.05) is 24.1 Å². The fourth-order valence-electron chi connectivity index (χ4n) is 3.75. The molecular formula is C22H25N3O5. The van der Waals surface area contributed by atoms with Crippen LogP contribution < -0.4 is 9.64 Å². The molecule has 0 radical (unpaired) electrons. The maximum absolute atomic E-state index is 13.1. The van der Waals surface area contributed by atoms with Crippen molar-refractivity contribution in [3.05, 3.63) is 53.9 Å². The average Bonchev–Trinajstić information content (AvgIpc) is 2.98. The highest BCUT2D eigenvalue weighted by Crippen LogP contribution is 2.28. The van der Waals surface area contributed by atoms with Crippen LogP contribution in [0.15, 0.2) is 42.6 Å². The van der Waals surface area contributed by atoms with Gasteiger partial charge in [-0.25, -0.2) is 0 Å². The van der Waals surface area contributed by atoms with E-state index in [1.54, 1.807) is 29.2 Å². The normalized spacial score (nSPS) is 22.1. The highest BCUT2D eigenvalue weighted by atomic mass is 16.6. The number of ether oxygens (including phenoxy) is 3. The summed E-state index contributed by atoms with van der Waals surface area (Å²) < 4.78 is 17.0. The third-order valence-corrected chi connectivity index (χ3v) is 5.43. The maximum atomic E-state index is 13.1. The standard InChI is InChI=1S/C22H25N3O5/c1-16-3-4-17(11-23-16)21(27)24-9-10-29-15-22(13-24)14-25(20(26)12-30-22)18-5-7-19(28-2)8-6-18/h3-8,11H,9-10,12-15H2,1-2H3. The van der Waals surface area contributed by atoms with Gasteiger partial charge in [-0.05, 0) is 43.3 Å². The lowest BCUT2D eigenvalue weighted by Gasteiger charge is -2.43. The van der Waals surface area contributed by atoms with E-state index in [2.05, 4.69) is 4.98 Å². The number of hydrogen-bond donors (Lipinski definition) is 0.